The molecule has 0 aliphatic carbocycles. The third kappa shape index (κ3) is 4.58. The number of esters is 1. The SMILES string of the molecule is CCOC(=O)c1cccc(NC(=O)c2ccc(C3SCCS3)cc2)c1. The maximum Gasteiger partial charge on any atom is 0.338 e. The molecule has 0 saturated carbocycles. The molecule has 2 aromatic carbocycles. The first kappa shape index (κ1) is 17.9. The van der Waals surface area contributed by atoms with Gasteiger partial charge in [-0.15, -0.1) is 23.5 Å². The first-order valence-electron chi connectivity index (χ1n) is 8.09. The number of anilines is 1. The zero-order valence-electron chi connectivity index (χ0n) is 13.9. The average Bonchev–Trinajstić information content (AvgIpc) is 3.17. The Kier molecular flexibility index (Phi) is 6.04. The van der Waals surface area contributed by atoms with Gasteiger partial charge in [-0.2, -0.15) is 0 Å². The molecule has 1 aliphatic rings. The number of hydrogen-bond acceptors (Lipinski definition) is 5. The van der Waals surface area contributed by atoms with Gasteiger partial charge in [-0.25, -0.2) is 4.79 Å². The van der Waals surface area contributed by atoms with E-state index in [0.717, 1.165) is 0 Å². The fourth-order valence-corrected chi connectivity index (χ4v) is 5.34. The summed E-state index contributed by atoms with van der Waals surface area (Å²) >= 11 is 3.88. The zero-order valence-corrected chi connectivity index (χ0v) is 15.5. The largest absolute Gasteiger partial charge is 0.462 e. The molecule has 0 spiro atoms. The van der Waals surface area contributed by atoms with Crippen LogP contribution in [0.4, 0.5) is 5.69 Å². The van der Waals surface area contributed by atoms with Crippen LogP contribution in [0.15, 0.2) is 48.5 Å². The van der Waals surface area contributed by atoms with Gasteiger partial charge in [-0.1, -0.05) is 18.2 Å². The van der Waals surface area contributed by atoms with Gasteiger partial charge in [-0.3, -0.25) is 4.79 Å². The highest BCUT2D eigenvalue weighted by Crippen LogP contribution is 2.45. The van der Waals surface area contributed by atoms with Gasteiger partial charge >= 0.3 is 5.97 Å². The summed E-state index contributed by atoms with van der Waals surface area (Å²) in [5.41, 5.74) is 2.83. The molecule has 0 radical (unpaired) electrons. The smallest absolute Gasteiger partial charge is 0.338 e. The van der Waals surface area contributed by atoms with Crippen LogP contribution < -0.4 is 5.32 Å². The van der Waals surface area contributed by atoms with Gasteiger partial charge in [0.05, 0.1) is 16.8 Å². The van der Waals surface area contributed by atoms with Crippen molar-refractivity contribution >= 4 is 41.1 Å². The van der Waals surface area contributed by atoms with Crippen LogP contribution in [0.2, 0.25) is 0 Å². The van der Waals surface area contributed by atoms with Crippen LogP contribution in [0.25, 0.3) is 0 Å². The van der Waals surface area contributed by atoms with E-state index >= 15 is 0 Å². The predicted octanol–water partition coefficient (Wildman–Crippen LogP) is 4.59. The van der Waals surface area contributed by atoms with E-state index in [0.29, 0.717) is 28.0 Å². The minimum atomic E-state index is -0.394. The number of carbonyl (C=O) groups is 2. The standard InChI is InChI=1S/C19H19NO3S2/c1-2-23-18(22)15-4-3-5-16(12-15)20-17(21)13-6-8-14(9-7-13)19-24-10-11-25-19/h3-9,12,19H,2,10-11H2,1H3,(H,20,21). The van der Waals surface area contributed by atoms with Gasteiger partial charge in [0.25, 0.3) is 5.91 Å². The van der Waals surface area contributed by atoms with Gasteiger partial charge in [0.2, 0.25) is 0 Å². The van der Waals surface area contributed by atoms with Crippen molar-refractivity contribution < 1.29 is 14.3 Å². The van der Waals surface area contributed by atoms with Gasteiger partial charge < -0.3 is 10.1 Å². The van der Waals surface area contributed by atoms with E-state index in [2.05, 4.69) is 5.32 Å². The Morgan fingerprint density at radius 3 is 2.48 bits per heavy atom. The van der Waals surface area contributed by atoms with Crippen molar-refractivity contribution in [2.45, 2.75) is 11.5 Å². The second-order valence-corrected chi connectivity index (χ2v) is 8.18. The molecule has 1 aliphatic heterocycles. The van der Waals surface area contributed by atoms with E-state index in [9.17, 15) is 9.59 Å². The molecule has 2 aromatic rings. The van der Waals surface area contributed by atoms with E-state index in [1.54, 1.807) is 31.2 Å². The van der Waals surface area contributed by atoms with Crippen LogP contribution in [0.5, 0.6) is 0 Å². The molecule has 1 heterocycles. The van der Waals surface area contributed by atoms with Crippen LogP contribution in [0, 0.1) is 0 Å². The van der Waals surface area contributed by atoms with E-state index in [4.69, 9.17) is 4.74 Å². The first-order chi connectivity index (χ1) is 12.2. The van der Waals surface area contributed by atoms with Crippen LogP contribution in [0.1, 0.15) is 37.8 Å². The molecule has 1 amide bonds. The Bertz CT molecular complexity index is 756. The van der Waals surface area contributed by atoms with Crippen molar-refractivity contribution in [3.05, 3.63) is 65.2 Å². The second kappa shape index (κ2) is 8.45. The average molecular weight is 373 g/mol. The number of carbonyl (C=O) groups excluding carboxylic acids is 2. The second-order valence-electron chi connectivity index (χ2n) is 5.45. The minimum absolute atomic E-state index is 0.195. The molecule has 130 valence electrons. The highest BCUT2D eigenvalue weighted by atomic mass is 32.2. The number of thioether (sulfide) groups is 2. The molecule has 0 unspecified atom stereocenters. The lowest BCUT2D eigenvalue weighted by atomic mass is 10.1. The third-order valence-corrected chi connectivity index (χ3v) is 6.80. The van der Waals surface area contributed by atoms with Gasteiger partial charge in [-0.05, 0) is 42.8 Å². The van der Waals surface area contributed by atoms with Crippen LogP contribution in [0.3, 0.4) is 0 Å². The monoisotopic (exact) mass is 373 g/mol. The van der Waals surface area contributed by atoms with Crippen molar-refractivity contribution in [1.29, 1.82) is 0 Å². The van der Waals surface area contributed by atoms with Crippen molar-refractivity contribution in [1.82, 2.24) is 0 Å². The molecule has 6 heteroatoms. The quantitative estimate of drug-likeness (QED) is 0.777. The van der Waals surface area contributed by atoms with Crippen molar-refractivity contribution in [3.63, 3.8) is 0 Å². The van der Waals surface area contributed by atoms with Gasteiger partial charge in [0.15, 0.2) is 0 Å². The topological polar surface area (TPSA) is 55.4 Å². The third-order valence-electron chi connectivity index (χ3n) is 3.70. The Hall–Kier alpha value is -1.92. The number of benzene rings is 2. The highest BCUT2D eigenvalue weighted by molar-refractivity contribution is 8.19. The summed E-state index contributed by atoms with van der Waals surface area (Å²) in [5, 5.41) is 2.83. The zero-order chi connectivity index (χ0) is 17.6. The Balaban J connectivity index is 1.67. The van der Waals surface area contributed by atoms with Crippen LogP contribution in [-0.4, -0.2) is 30.0 Å². The molecule has 1 saturated heterocycles. The first-order valence-corrected chi connectivity index (χ1v) is 10.2. The molecule has 25 heavy (non-hydrogen) atoms. The number of amides is 1. The molecule has 4 nitrogen and oxygen atoms in total. The Morgan fingerprint density at radius 2 is 1.80 bits per heavy atom. The van der Waals surface area contributed by atoms with Crippen molar-refractivity contribution in [2.75, 3.05) is 23.4 Å². The van der Waals surface area contributed by atoms with E-state index < -0.39 is 5.97 Å². The summed E-state index contributed by atoms with van der Waals surface area (Å²) in [6.07, 6.45) is 0. The molecule has 1 N–H and O–H groups in total. The van der Waals surface area contributed by atoms with Gasteiger partial charge in [0, 0.05) is 22.8 Å². The Morgan fingerprint density at radius 1 is 1.08 bits per heavy atom. The number of nitrogens with one attached hydrogen (secondary N) is 1. The minimum Gasteiger partial charge on any atom is -0.462 e. The van der Waals surface area contributed by atoms with Crippen LogP contribution in [-0.2, 0) is 4.74 Å². The summed E-state index contributed by atoms with van der Waals surface area (Å²) in [6.45, 7) is 2.08. The van der Waals surface area contributed by atoms with Crippen molar-refractivity contribution in [2.24, 2.45) is 0 Å². The lowest BCUT2D eigenvalue weighted by Crippen LogP contribution is -2.13. The van der Waals surface area contributed by atoms with Gasteiger partial charge in [0.1, 0.15) is 0 Å². The fraction of sp³-hybridized carbons (Fsp3) is 0.263. The normalized spacial score (nSPS) is 14.3. The number of rotatable bonds is 5. The maximum absolute atomic E-state index is 12.4. The summed E-state index contributed by atoms with van der Waals surface area (Å²) in [7, 11) is 0. The van der Waals surface area contributed by atoms with E-state index in [1.807, 2.05) is 47.8 Å². The lowest BCUT2D eigenvalue weighted by Gasteiger charge is -2.10. The predicted molar refractivity (Wildman–Crippen MR) is 104 cm³/mol. The molecule has 3 rings (SSSR count). The van der Waals surface area contributed by atoms with E-state index in [1.165, 1.54) is 17.1 Å². The summed E-state index contributed by atoms with van der Waals surface area (Å²) < 4.78 is 5.45. The number of ether oxygens (including phenoxy) is 1. The molecule has 0 bridgehead atoms. The summed E-state index contributed by atoms with van der Waals surface area (Å²) in [4.78, 5) is 24.2. The molecule has 0 atom stereocenters. The lowest BCUT2D eigenvalue weighted by molar-refractivity contribution is 0.0526. The van der Waals surface area contributed by atoms with Crippen LogP contribution >= 0.6 is 23.5 Å². The molecule has 0 aromatic heterocycles. The van der Waals surface area contributed by atoms with E-state index in [-0.39, 0.29) is 5.91 Å². The Labute approximate surface area is 155 Å². The summed E-state index contributed by atoms with van der Waals surface area (Å²) in [5.74, 6) is 1.76. The highest BCUT2D eigenvalue weighted by Gasteiger charge is 2.18. The molecular weight excluding hydrogens is 354 g/mol. The molecule has 1 fully saturated rings. The molecular formula is C19H19NO3S2. The fourth-order valence-electron chi connectivity index (χ4n) is 2.48. The number of hydrogen-bond donors (Lipinski definition) is 1. The van der Waals surface area contributed by atoms with Crippen molar-refractivity contribution in [3.8, 4) is 0 Å². The maximum atomic E-state index is 12.4. The summed E-state index contributed by atoms with van der Waals surface area (Å²) in [6, 6.07) is 14.5.